The molecule has 1 aliphatic heterocycles. The predicted molar refractivity (Wildman–Crippen MR) is 128 cm³/mol. The molecule has 1 saturated heterocycles. The summed E-state index contributed by atoms with van der Waals surface area (Å²) >= 11 is 0. The highest BCUT2D eigenvalue weighted by molar-refractivity contribution is 5.78. The summed E-state index contributed by atoms with van der Waals surface area (Å²) in [5.74, 6) is 1.25. The van der Waals surface area contributed by atoms with Crippen LogP contribution in [0.4, 0.5) is 20.5 Å². The summed E-state index contributed by atoms with van der Waals surface area (Å²) in [5.41, 5.74) is 1.11. The molecule has 0 atom stereocenters. The van der Waals surface area contributed by atoms with E-state index in [1.807, 2.05) is 11.0 Å². The summed E-state index contributed by atoms with van der Waals surface area (Å²) in [6.45, 7) is 2.48. The number of alkyl halides is 2. The molecule has 0 bridgehead atoms. The third-order valence-corrected chi connectivity index (χ3v) is 6.78. The van der Waals surface area contributed by atoms with Gasteiger partial charge in [0.15, 0.2) is 5.82 Å². The Balaban J connectivity index is 1.53. The minimum Gasteiger partial charge on any atom is -0.378 e. The van der Waals surface area contributed by atoms with Crippen molar-refractivity contribution in [3.05, 3.63) is 36.2 Å². The molecule has 34 heavy (non-hydrogen) atoms. The van der Waals surface area contributed by atoms with Gasteiger partial charge in [-0.15, -0.1) is 0 Å². The fourth-order valence-electron chi connectivity index (χ4n) is 4.89. The Morgan fingerprint density at radius 1 is 1.03 bits per heavy atom. The minimum absolute atomic E-state index is 0.283. The second kappa shape index (κ2) is 9.79. The number of nitrogens with one attached hydrogen (secondary N) is 1. The molecule has 2 aromatic heterocycles. The molecule has 0 unspecified atom stereocenters. The number of para-hydroxylation sites is 2. The van der Waals surface area contributed by atoms with Gasteiger partial charge >= 0.3 is 0 Å². The van der Waals surface area contributed by atoms with Crippen LogP contribution in [0.25, 0.3) is 16.9 Å². The average molecular weight is 472 g/mol. The molecular formula is C24H31F2N7O. The van der Waals surface area contributed by atoms with E-state index < -0.39 is 6.43 Å². The van der Waals surface area contributed by atoms with Gasteiger partial charge in [-0.25, -0.2) is 13.8 Å². The molecule has 0 amide bonds. The summed E-state index contributed by atoms with van der Waals surface area (Å²) in [5, 5.41) is 3.57. The van der Waals surface area contributed by atoms with Crippen molar-refractivity contribution in [2.45, 2.75) is 44.2 Å². The molecule has 0 radical (unpaired) electrons. The van der Waals surface area contributed by atoms with Crippen molar-refractivity contribution in [3.63, 3.8) is 0 Å². The molecule has 182 valence electrons. The fraction of sp³-hybridized carbons (Fsp3) is 0.542. The molecule has 1 N–H and O–H groups in total. The van der Waals surface area contributed by atoms with Crippen LogP contribution >= 0.6 is 0 Å². The zero-order valence-electron chi connectivity index (χ0n) is 19.6. The van der Waals surface area contributed by atoms with Gasteiger partial charge in [0, 0.05) is 31.2 Å². The maximum Gasteiger partial charge on any atom is 0.296 e. The standard InChI is InChI=1S/C24H31F2N7O/c1-31(2)17-9-7-16(8-10-17)27-20-15-21(30-24(29-20)32-11-13-34-14-12-32)33-19-6-4-3-5-18(19)28-23(33)22(25)26/h3-6,15-17,22H,7-14H2,1-2H3,(H,27,29,30)/t16-,17-. The van der Waals surface area contributed by atoms with Gasteiger partial charge in [0.1, 0.15) is 11.6 Å². The maximum atomic E-state index is 14.0. The second-order valence-corrected chi connectivity index (χ2v) is 9.22. The smallest absolute Gasteiger partial charge is 0.296 e. The monoisotopic (exact) mass is 471 g/mol. The van der Waals surface area contributed by atoms with Gasteiger partial charge in [-0.2, -0.15) is 9.97 Å². The van der Waals surface area contributed by atoms with E-state index in [-0.39, 0.29) is 11.9 Å². The molecule has 1 aliphatic carbocycles. The summed E-state index contributed by atoms with van der Waals surface area (Å²) in [4.78, 5) is 18.0. The first-order chi connectivity index (χ1) is 16.5. The first-order valence-electron chi connectivity index (χ1n) is 11.9. The summed E-state index contributed by atoms with van der Waals surface area (Å²) in [6, 6.07) is 9.79. The highest BCUT2D eigenvalue weighted by Crippen LogP contribution is 2.30. The van der Waals surface area contributed by atoms with E-state index in [9.17, 15) is 8.78 Å². The molecule has 3 heterocycles. The summed E-state index contributed by atoms with van der Waals surface area (Å²) < 4.78 is 35.0. The Bertz CT molecular complexity index is 1120. The van der Waals surface area contributed by atoms with E-state index in [0.29, 0.717) is 61.0 Å². The van der Waals surface area contributed by atoms with Crippen LogP contribution in [0.2, 0.25) is 0 Å². The van der Waals surface area contributed by atoms with Crippen LogP contribution < -0.4 is 10.2 Å². The average Bonchev–Trinajstić information content (AvgIpc) is 3.25. The molecule has 1 aromatic carbocycles. The second-order valence-electron chi connectivity index (χ2n) is 9.22. The Morgan fingerprint density at radius 3 is 2.47 bits per heavy atom. The summed E-state index contributed by atoms with van der Waals surface area (Å²) in [7, 11) is 4.25. The van der Waals surface area contributed by atoms with Crippen molar-refractivity contribution >= 4 is 22.8 Å². The van der Waals surface area contributed by atoms with Gasteiger partial charge in [0.25, 0.3) is 6.43 Å². The first-order valence-corrected chi connectivity index (χ1v) is 11.9. The van der Waals surface area contributed by atoms with E-state index in [4.69, 9.17) is 14.7 Å². The Hall–Kier alpha value is -2.85. The van der Waals surface area contributed by atoms with Crippen molar-refractivity contribution in [1.29, 1.82) is 0 Å². The third-order valence-electron chi connectivity index (χ3n) is 6.78. The van der Waals surface area contributed by atoms with Crippen LogP contribution in [0, 0.1) is 0 Å². The maximum absolute atomic E-state index is 14.0. The van der Waals surface area contributed by atoms with Gasteiger partial charge in [0.2, 0.25) is 5.95 Å². The van der Waals surface area contributed by atoms with Crippen molar-refractivity contribution in [3.8, 4) is 5.82 Å². The predicted octanol–water partition coefficient (Wildman–Crippen LogP) is 3.87. The van der Waals surface area contributed by atoms with E-state index in [1.54, 1.807) is 24.3 Å². The van der Waals surface area contributed by atoms with Crippen molar-refractivity contribution in [2.75, 3.05) is 50.6 Å². The largest absolute Gasteiger partial charge is 0.378 e. The number of nitrogens with zero attached hydrogens (tertiary/aromatic N) is 6. The molecular weight excluding hydrogens is 440 g/mol. The van der Waals surface area contributed by atoms with Crippen LogP contribution in [-0.2, 0) is 4.74 Å². The van der Waals surface area contributed by atoms with Crippen LogP contribution in [-0.4, -0.2) is 76.9 Å². The molecule has 0 spiro atoms. The quantitative estimate of drug-likeness (QED) is 0.585. The number of ether oxygens (including phenoxy) is 1. The SMILES string of the molecule is CN(C)[C@H]1CC[C@H](Nc2cc(-n3c(C(F)F)nc4ccccc43)nc(N3CCOCC3)n2)CC1. The lowest BCUT2D eigenvalue weighted by Gasteiger charge is -2.33. The molecule has 2 aliphatic rings. The van der Waals surface area contributed by atoms with Crippen molar-refractivity contribution < 1.29 is 13.5 Å². The highest BCUT2D eigenvalue weighted by Gasteiger charge is 2.26. The van der Waals surface area contributed by atoms with Crippen LogP contribution in [0.1, 0.15) is 37.9 Å². The van der Waals surface area contributed by atoms with E-state index >= 15 is 0 Å². The number of anilines is 2. The molecule has 10 heteroatoms. The van der Waals surface area contributed by atoms with Gasteiger partial charge in [-0.05, 0) is 51.9 Å². The number of fused-ring (bicyclic) bond motifs is 1. The Labute approximate surface area is 197 Å². The van der Waals surface area contributed by atoms with E-state index in [1.165, 1.54) is 4.57 Å². The number of hydrogen-bond acceptors (Lipinski definition) is 7. The zero-order chi connectivity index (χ0) is 23.7. The lowest BCUT2D eigenvalue weighted by molar-refractivity contribution is 0.122. The Kier molecular flexibility index (Phi) is 6.60. The Morgan fingerprint density at radius 2 is 1.76 bits per heavy atom. The number of aromatic nitrogens is 4. The minimum atomic E-state index is -2.73. The van der Waals surface area contributed by atoms with Gasteiger partial charge in [-0.3, -0.25) is 4.57 Å². The zero-order valence-corrected chi connectivity index (χ0v) is 19.6. The molecule has 2 fully saturated rings. The first kappa shape index (κ1) is 22.9. The number of halogens is 2. The normalized spacial score (nSPS) is 21.5. The topological polar surface area (TPSA) is 71.3 Å². The van der Waals surface area contributed by atoms with Gasteiger partial charge in [-0.1, -0.05) is 12.1 Å². The van der Waals surface area contributed by atoms with E-state index in [2.05, 4.69) is 29.3 Å². The number of imidazole rings is 1. The van der Waals surface area contributed by atoms with Crippen molar-refractivity contribution in [1.82, 2.24) is 24.4 Å². The number of rotatable bonds is 6. The van der Waals surface area contributed by atoms with Crippen LogP contribution in [0.5, 0.6) is 0 Å². The van der Waals surface area contributed by atoms with Gasteiger partial charge in [0.05, 0.1) is 24.2 Å². The van der Waals surface area contributed by atoms with Crippen LogP contribution in [0.15, 0.2) is 30.3 Å². The molecule has 8 nitrogen and oxygen atoms in total. The lowest BCUT2D eigenvalue weighted by Crippen LogP contribution is -2.38. The van der Waals surface area contributed by atoms with E-state index in [0.717, 1.165) is 25.7 Å². The van der Waals surface area contributed by atoms with Crippen LogP contribution in [0.3, 0.4) is 0 Å². The van der Waals surface area contributed by atoms with Crippen molar-refractivity contribution in [2.24, 2.45) is 0 Å². The number of benzene rings is 1. The highest BCUT2D eigenvalue weighted by atomic mass is 19.3. The third kappa shape index (κ3) is 4.69. The molecule has 3 aromatic rings. The lowest BCUT2D eigenvalue weighted by atomic mass is 9.90. The molecule has 5 rings (SSSR count). The van der Waals surface area contributed by atoms with Gasteiger partial charge < -0.3 is 19.9 Å². The number of morpholine rings is 1. The number of hydrogen-bond donors (Lipinski definition) is 1. The fourth-order valence-corrected chi connectivity index (χ4v) is 4.89. The molecule has 1 saturated carbocycles. The summed E-state index contributed by atoms with van der Waals surface area (Å²) in [6.07, 6.45) is 1.56.